The van der Waals surface area contributed by atoms with Gasteiger partial charge in [-0.15, -0.1) is 6.42 Å². The largest absolute Gasteiger partial charge is 0.368 e. The van der Waals surface area contributed by atoms with Crippen molar-refractivity contribution in [2.24, 2.45) is 5.73 Å². The van der Waals surface area contributed by atoms with Crippen LogP contribution in [0.2, 0.25) is 0 Å². The van der Waals surface area contributed by atoms with Gasteiger partial charge in [-0.3, -0.25) is 4.79 Å². The van der Waals surface area contributed by atoms with E-state index in [0.29, 0.717) is 0 Å². The maximum absolute atomic E-state index is 10.8. The summed E-state index contributed by atoms with van der Waals surface area (Å²) in [5, 5.41) is 4.62. The highest BCUT2D eigenvalue weighted by atomic mass is 16.2. The zero-order chi connectivity index (χ0) is 9.56. The van der Waals surface area contributed by atoms with E-state index in [0.717, 1.165) is 0 Å². The number of terminal acetylenes is 1. The minimum absolute atomic E-state index is 0.122. The standard InChI is InChI=1S/C7H11N3O2/c1-3-4-9-7(12)10-5(2)6(8)11/h1,5H,4H2,2H3,(H2,8,11)(H2,9,10,12). The maximum Gasteiger partial charge on any atom is 0.316 e. The van der Waals surface area contributed by atoms with Crippen LogP contribution in [-0.2, 0) is 4.79 Å². The highest BCUT2D eigenvalue weighted by molar-refractivity contribution is 5.85. The zero-order valence-corrected chi connectivity index (χ0v) is 6.76. The van der Waals surface area contributed by atoms with Crippen LogP contribution in [0.4, 0.5) is 4.79 Å². The Labute approximate surface area is 70.7 Å². The smallest absolute Gasteiger partial charge is 0.316 e. The fraction of sp³-hybridized carbons (Fsp3) is 0.429. The van der Waals surface area contributed by atoms with Gasteiger partial charge in [-0.1, -0.05) is 5.92 Å². The van der Waals surface area contributed by atoms with Gasteiger partial charge in [0.15, 0.2) is 0 Å². The molecule has 0 aromatic carbocycles. The first-order valence-electron chi connectivity index (χ1n) is 3.35. The van der Waals surface area contributed by atoms with Crippen molar-refractivity contribution in [3.05, 3.63) is 0 Å². The van der Waals surface area contributed by atoms with Crippen molar-refractivity contribution in [1.29, 1.82) is 0 Å². The van der Waals surface area contributed by atoms with E-state index in [1.165, 1.54) is 6.92 Å². The van der Waals surface area contributed by atoms with Crippen LogP contribution < -0.4 is 16.4 Å². The summed E-state index contributed by atoms with van der Waals surface area (Å²) >= 11 is 0. The van der Waals surface area contributed by atoms with Crippen molar-refractivity contribution in [2.45, 2.75) is 13.0 Å². The summed E-state index contributed by atoms with van der Waals surface area (Å²) in [7, 11) is 0. The Hall–Kier alpha value is -1.70. The van der Waals surface area contributed by atoms with E-state index < -0.39 is 18.0 Å². The van der Waals surface area contributed by atoms with E-state index in [9.17, 15) is 9.59 Å². The van der Waals surface area contributed by atoms with Gasteiger partial charge in [0.05, 0.1) is 6.54 Å². The summed E-state index contributed by atoms with van der Waals surface area (Å²) in [4.78, 5) is 21.2. The Balaban J connectivity index is 3.71. The number of urea groups is 1. The lowest BCUT2D eigenvalue weighted by atomic mass is 10.3. The van der Waals surface area contributed by atoms with Crippen LogP contribution in [0, 0.1) is 12.3 Å². The fourth-order valence-corrected chi connectivity index (χ4v) is 0.450. The monoisotopic (exact) mass is 169 g/mol. The second-order valence-corrected chi connectivity index (χ2v) is 2.16. The van der Waals surface area contributed by atoms with E-state index in [-0.39, 0.29) is 6.54 Å². The molecule has 3 amide bonds. The molecule has 0 spiro atoms. The Morgan fingerprint density at radius 2 is 2.25 bits per heavy atom. The molecule has 0 aliphatic heterocycles. The number of carbonyl (C=O) groups excluding carboxylic acids is 2. The first-order chi connectivity index (χ1) is 5.57. The number of nitrogens with one attached hydrogen (secondary N) is 2. The number of hydrogen-bond acceptors (Lipinski definition) is 2. The molecule has 0 saturated carbocycles. The third-order valence-corrected chi connectivity index (χ3v) is 1.13. The number of amides is 3. The van der Waals surface area contributed by atoms with E-state index >= 15 is 0 Å². The summed E-state index contributed by atoms with van der Waals surface area (Å²) in [6.45, 7) is 1.61. The van der Waals surface area contributed by atoms with Crippen LogP contribution in [-0.4, -0.2) is 24.5 Å². The van der Waals surface area contributed by atoms with Crippen molar-refractivity contribution < 1.29 is 9.59 Å². The zero-order valence-electron chi connectivity index (χ0n) is 6.76. The third kappa shape index (κ3) is 4.17. The summed E-state index contributed by atoms with van der Waals surface area (Å²) in [6, 6.07) is -1.19. The van der Waals surface area contributed by atoms with Crippen LogP contribution in [0.25, 0.3) is 0 Å². The van der Waals surface area contributed by atoms with E-state index in [1.807, 2.05) is 0 Å². The number of carbonyl (C=O) groups is 2. The Morgan fingerprint density at radius 1 is 1.67 bits per heavy atom. The number of rotatable bonds is 3. The Kier molecular flexibility index (Phi) is 4.31. The number of nitrogens with two attached hydrogens (primary N) is 1. The average Bonchev–Trinajstić information content (AvgIpc) is 2.00. The minimum Gasteiger partial charge on any atom is -0.368 e. The first-order valence-corrected chi connectivity index (χ1v) is 3.35. The molecule has 5 nitrogen and oxygen atoms in total. The molecule has 0 fully saturated rings. The predicted molar refractivity (Wildman–Crippen MR) is 44.0 cm³/mol. The molecule has 0 aliphatic carbocycles. The van der Waals surface area contributed by atoms with Gasteiger partial charge < -0.3 is 16.4 Å². The van der Waals surface area contributed by atoms with Crippen molar-refractivity contribution >= 4 is 11.9 Å². The molecule has 0 aliphatic rings. The van der Waals surface area contributed by atoms with Crippen LogP contribution in [0.3, 0.4) is 0 Å². The molecule has 1 atom stereocenters. The summed E-state index contributed by atoms with van der Waals surface area (Å²) < 4.78 is 0. The van der Waals surface area contributed by atoms with Crippen LogP contribution in [0.1, 0.15) is 6.92 Å². The lowest BCUT2D eigenvalue weighted by Gasteiger charge is -2.09. The average molecular weight is 169 g/mol. The van der Waals surface area contributed by atoms with Crippen molar-refractivity contribution in [2.75, 3.05) is 6.54 Å². The minimum atomic E-state index is -0.692. The summed E-state index contributed by atoms with van der Waals surface area (Å²) in [6.07, 6.45) is 4.88. The lowest BCUT2D eigenvalue weighted by Crippen LogP contribution is -2.46. The highest BCUT2D eigenvalue weighted by Crippen LogP contribution is 1.77. The van der Waals surface area contributed by atoms with Gasteiger partial charge in [-0.2, -0.15) is 0 Å². The van der Waals surface area contributed by atoms with E-state index in [4.69, 9.17) is 12.2 Å². The van der Waals surface area contributed by atoms with Crippen LogP contribution in [0.15, 0.2) is 0 Å². The molecule has 0 rings (SSSR count). The van der Waals surface area contributed by atoms with Crippen LogP contribution in [0.5, 0.6) is 0 Å². The molecule has 0 aromatic rings. The molecule has 66 valence electrons. The van der Waals surface area contributed by atoms with Gasteiger partial charge in [0.25, 0.3) is 0 Å². The molecule has 0 aromatic heterocycles. The maximum atomic E-state index is 10.8. The third-order valence-electron chi connectivity index (χ3n) is 1.13. The molecule has 5 heteroatoms. The SMILES string of the molecule is C#CCNC(=O)NC(C)C(N)=O. The second kappa shape index (κ2) is 5.02. The lowest BCUT2D eigenvalue weighted by molar-refractivity contribution is -0.119. The number of hydrogen-bond donors (Lipinski definition) is 3. The van der Waals surface area contributed by atoms with Gasteiger partial charge in [-0.25, -0.2) is 4.79 Å². The molecule has 4 N–H and O–H groups in total. The Morgan fingerprint density at radius 3 is 2.67 bits per heavy atom. The molecular formula is C7H11N3O2. The van der Waals surface area contributed by atoms with Gasteiger partial charge in [0.2, 0.25) is 5.91 Å². The first kappa shape index (κ1) is 10.3. The van der Waals surface area contributed by atoms with E-state index in [1.54, 1.807) is 0 Å². The normalized spacial score (nSPS) is 11.0. The van der Waals surface area contributed by atoms with Gasteiger partial charge in [0, 0.05) is 0 Å². The second-order valence-electron chi connectivity index (χ2n) is 2.16. The van der Waals surface area contributed by atoms with Crippen molar-refractivity contribution in [1.82, 2.24) is 10.6 Å². The molecule has 0 heterocycles. The van der Waals surface area contributed by atoms with Gasteiger partial charge >= 0.3 is 6.03 Å². The van der Waals surface area contributed by atoms with Gasteiger partial charge in [0.1, 0.15) is 6.04 Å². The van der Waals surface area contributed by atoms with E-state index in [2.05, 4.69) is 16.6 Å². The van der Waals surface area contributed by atoms with Crippen molar-refractivity contribution in [3.8, 4) is 12.3 Å². The summed E-state index contributed by atoms with van der Waals surface area (Å²) in [5.74, 6) is 1.62. The number of primary amides is 1. The molecule has 0 radical (unpaired) electrons. The summed E-state index contributed by atoms with van der Waals surface area (Å²) in [5.41, 5.74) is 4.89. The topological polar surface area (TPSA) is 84.2 Å². The quantitative estimate of drug-likeness (QED) is 0.463. The van der Waals surface area contributed by atoms with Crippen molar-refractivity contribution in [3.63, 3.8) is 0 Å². The molecular weight excluding hydrogens is 158 g/mol. The molecule has 1 unspecified atom stereocenters. The molecule has 12 heavy (non-hydrogen) atoms. The predicted octanol–water partition coefficient (Wildman–Crippen LogP) is -1.21. The highest BCUT2D eigenvalue weighted by Gasteiger charge is 2.10. The molecule has 0 saturated heterocycles. The fourth-order valence-electron chi connectivity index (χ4n) is 0.450. The van der Waals surface area contributed by atoms with Gasteiger partial charge in [-0.05, 0) is 6.92 Å². The van der Waals surface area contributed by atoms with Crippen LogP contribution >= 0.6 is 0 Å². The molecule has 0 bridgehead atoms. The Bertz CT molecular complexity index is 219.